The molecule has 1 aliphatic carbocycles. The van der Waals surface area contributed by atoms with E-state index in [9.17, 15) is 5.11 Å². The lowest BCUT2D eigenvalue weighted by atomic mass is 9.78. The van der Waals surface area contributed by atoms with E-state index in [2.05, 4.69) is 22.2 Å². The highest BCUT2D eigenvalue weighted by molar-refractivity contribution is 5.38. The van der Waals surface area contributed by atoms with Crippen molar-refractivity contribution in [3.63, 3.8) is 0 Å². The highest BCUT2D eigenvalue weighted by Gasteiger charge is 2.32. The van der Waals surface area contributed by atoms with Crippen molar-refractivity contribution in [2.45, 2.75) is 44.6 Å². The van der Waals surface area contributed by atoms with Crippen LogP contribution < -0.4 is 11.1 Å². The average Bonchev–Trinajstić information content (AvgIpc) is 2.38. The van der Waals surface area contributed by atoms with E-state index in [0.29, 0.717) is 18.2 Å². The first kappa shape index (κ1) is 13.1. The second kappa shape index (κ2) is 5.52. The Labute approximate surface area is 108 Å². The largest absolute Gasteiger partial charge is 0.388 e. The standard InChI is InChI=1S/C13H22N4O/c1-2-10-3-5-13(18,6-4-10)9-16-12-8-15-7-11(14)17-12/h7-8,10,18H,2-6,9H2,1H3,(H3,14,16,17). The molecule has 1 aliphatic rings. The first-order valence-corrected chi connectivity index (χ1v) is 6.65. The summed E-state index contributed by atoms with van der Waals surface area (Å²) in [4.78, 5) is 8.08. The molecule has 4 N–H and O–H groups in total. The predicted molar refractivity (Wildman–Crippen MR) is 72.1 cm³/mol. The molecule has 0 radical (unpaired) electrons. The summed E-state index contributed by atoms with van der Waals surface area (Å²) >= 11 is 0. The summed E-state index contributed by atoms with van der Waals surface area (Å²) in [6.07, 6.45) is 8.27. The van der Waals surface area contributed by atoms with E-state index in [1.807, 2.05) is 0 Å². The lowest BCUT2D eigenvalue weighted by Crippen LogP contribution is -2.40. The molecular weight excluding hydrogens is 228 g/mol. The molecule has 0 amide bonds. The Morgan fingerprint density at radius 1 is 1.44 bits per heavy atom. The molecule has 18 heavy (non-hydrogen) atoms. The third kappa shape index (κ3) is 3.32. The number of aromatic nitrogens is 2. The molecule has 1 saturated carbocycles. The van der Waals surface area contributed by atoms with E-state index in [-0.39, 0.29) is 0 Å². The summed E-state index contributed by atoms with van der Waals surface area (Å²) in [6.45, 7) is 2.73. The highest BCUT2D eigenvalue weighted by atomic mass is 16.3. The molecule has 0 bridgehead atoms. The fraction of sp³-hybridized carbons (Fsp3) is 0.692. The van der Waals surface area contributed by atoms with Crippen molar-refractivity contribution in [3.05, 3.63) is 12.4 Å². The lowest BCUT2D eigenvalue weighted by Gasteiger charge is -2.36. The van der Waals surface area contributed by atoms with Crippen LogP contribution in [0.1, 0.15) is 39.0 Å². The number of nitrogens with zero attached hydrogens (tertiary/aromatic N) is 2. The lowest BCUT2D eigenvalue weighted by molar-refractivity contribution is 0.00223. The van der Waals surface area contributed by atoms with Gasteiger partial charge in [-0.3, -0.25) is 4.98 Å². The number of anilines is 2. The van der Waals surface area contributed by atoms with Crippen LogP contribution in [-0.2, 0) is 0 Å². The number of nitrogens with two attached hydrogens (primary N) is 1. The van der Waals surface area contributed by atoms with Crippen LogP contribution >= 0.6 is 0 Å². The number of aliphatic hydroxyl groups is 1. The number of hydrogen-bond donors (Lipinski definition) is 3. The van der Waals surface area contributed by atoms with Crippen LogP contribution in [0.2, 0.25) is 0 Å². The fourth-order valence-electron chi connectivity index (χ4n) is 2.52. The zero-order valence-electron chi connectivity index (χ0n) is 10.9. The second-order valence-electron chi connectivity index (χ2n) is 5.26. The molecule has 1 heterocycles. The minimum Gasteiger partial charge on any atom is -0.388 e. The molecule has 1 aromatic rings. The van der Waals surface area contributed by atoms with Gasteiger partial charge in [-0.25, -0.2) is 4.98 Å². The SMILES string of the molecule is CCC1CCC(O)(CNc2cncc(N)n2)CC1. The summed E-state index contributed by atoms with van der Waals surface area (Å²) in [5.41, 5.74) is 4.95. The minimum absolute atomic E-state index is 0.390. The monoisotopic (exact) mass is 250 g/mol. The summed E-state index contributed by atoms with van der Waals surface area (Å²) in [5, 5.41) is 13.6. The molecule has 5 nitrogen and oxygen atoms in total. The number of rotatable bonds is 4. The van der Waals surface area contributed by atoms with Crippen molar-refractivity contribution in [1.29, 1.82) is 0 Å². The van der Waals surface area contributed by atoms with Crippen LogP contribution in [0.3, 0.4) is 0 Å². The molecule has 1 fully saturated rings. The van der Waals surface area contributed by atoms with Crippen molar-refractivity contribution >= 4 is 11.6 Å². The summed E-state index contributed by atoms with van der Waals surface area (Å²) in [5.74, 6) is 1.79. The van der Waals surface area contributed by atoms with Gasteiger partial charge < -0.3 is 16.2 Å². The van der Waals surface area contributed by atoms with Gasteiger partial charge in [0, 0.05) is 6.54 Å². The maximum absolute atomic E-state index is 10.5. The molecule has 0 spiro atoms. The predicted octanol–water partition coefficient (Wildman–Crippen LogP) is 1.80. The number of nitrogen functional groups attached to an aromatic ring is 1. The Morgan fingerprint density at radius 3 is 2.78 bits per heavy atom. The van der Waals surface area contributed by atoms with E-state index in [1.165, 1.54) is 12.6 Å². The Hall–Kier alpha value is -1.36. The summed E-state index contributed by atoms with van der Waals surface area (Å²) in [6, 6.07) is 0. The normalized spacial score (nSPS) is 28.0. The fourth-order valence-corrected chi connectivity index (χ4v) is 2.52. The van der Waals surface area contributed by atoms with Gasteiger partial charge >= 0.3 is 0 Å². The molecular formula is C13H22N4O. The van der Waals surface area contributed by atoms with Crippen LogP contribution in [0.4, 0.5) is 11.6 Å². The van der Waals surface area contributed by atoms with Crippen molar-refractivity contribution in [2.24, 2.45) is 5.92 Å². The van der Waals surface area contributed by atoms with Gasteiger partial charge in [0.15, 0.2) is 0 Å². The molecule has 0 unspecified atom stereocenters. The van der Waals surface area contributed by atoms with Gasteiger partial charge in [-0.1, -0.05) is 13.3 Å². The van der Waals surface area contributed by atoms with E-state index >= 15 is 0 Å². The maximum atomic E-state index is 10.5. The molecule has 2 rings (SSSR count). The first-order valence-electron chi connectivity index (χ1n) is 6.65. The van der Waals surface area contributed by atoms with Gasteiger partial charge in [-0.05, 0) is 31.6 Å². The van der Waals surface area contributed by atoms with Crippen LogP contribution in [0.15, 0.2) is 12.4 Å². The van der Waals surface area contributed by atoms with E-state index in [4.69, 9.17) is 5.73 Å². The summed E-state index contributed by atoms with van der Waals surface area (Å²) in [7, 11) is 0. The van der Waals surface area contributed by atoms with E-state index in [0.717, 1.165) is 31.6 Å². The third-order valence-corrected chi connectivity index (χ3v) is 3.86. The molecule has 5 heteroatoms. The maximum Gasteiger partial charge on any atom is 0.147 e. The molecule has 0 aromatic carbocycles. The van der Waals surface area contributed by atoms with Gasteiger partial charge in [-0.2, -0.15) is 0 Å². The molecule has 0 atom stereocenters. The van der Waals surface area contributed by atoms with Gasteiger partial charge in [-0.15, -0.1) is 0 Å². The van der Waals surface area contributed by atoms with Gasteiger partial charge in [0.1, 0.15) is 11.6 Å². The Balaban J connectivity index is 1.86. The quantitative estimate of drug-likeness (QED) is 0.759. The molecule has 1 aromatic heterocycles. The Kier molecular flexibility index (Phi) is 4.01. The number of nitrogens with one attached hydrogen (secondary N) is 1. The van der Waals surface area contributed by atoms with Crippen LogP contribution in [0.25, 0.3) is 0 Å². The van der Waals surface area contributed by atoms with Crippen molar-refractivity contribution in [1.82, 2.24) is 9.97 Å². The van der Waals surface area contributed by atoms with Crippen LogP contribution in [0, 0.1) is 5.92 Å². The van der Waals surface area contributed by atoms with E-state index < -0.39 is 5.60 Å². The third-order valence-electron chi connectivity index (χ3n) is 3.86. The summed E-state index contributed by atoms with van der Waals surface area (Å²) < 4.78 is 0. The van der Waals surface area contributed by atoms with Gasteiger partial charge in [0.25, 0.3) is 0 Å². The van der Waals surface area contributed by atoms with Crippen LogP contribution in [0.5, 0.6) is 0 Å². The minimum atomic E-state index is -0.613. The molecule has 0 saturated heterocycles. The zero-order valence-corrected chi connectivity index (χ0v) is 10.9. The first-order chi connectivity index (χ1) is 8.61. The Bertz CT molecular complexity index is 388. The van der Waals surface area contributed by atoms with E-state index in [1.54, 1.807) is 6.20 Å². The smallest absolute Gasteiger partial charge is 0.147 e. The van der Waals surface area contributed by atoms with Crippen molar-refractivity contribution in [3.8, 4) is 0 Å². The molecule has 0 aliphatic heterocycles. The average molecular weight is 250 g/mol. The van der Waals surface area contributed by atoms with Crippen molar-refractivity contribution in [2.75, 3.05) is 17.6 Å². The highest BCUT2D eigenvalue weighted by Crippen LogP contribution is 2.33. The second-order valence-corrected chi connectivity index (χ2v) is 5.26. The number of hydrogen-bond acceptors (Lipinski definition) is 5. The van der Waals surface area contributed by atoms with Crippen molar-refractivity contribution < 1.29 is 5.11 Å². The Morgan fingerprint density at radius 2 is 2.17 bits per heavy atom. The van der Waals surface area contributed by atoms with Gasteiger partial charge in [0.05, 0.1) is 18.0 Å². The zero-order chi connectivity index (χ0) is 13.0. The van der Waals surface area contributed by atoms with Crippen LogP contribution in [-0.4, -0.2) is 27.2 Å². The van der Waals surface area contributed by atoms with Gasteiger partial charge in [0.2, 0.25) is 0 Å². The molecule has 100 valence electrons. The topological polar surface area (TPSA) is 84.1 Å².